The van der Waals surface area contributed by atoms with E-state index in [0.29, 0.717) is 19.7 Å². The Morgan fingerprint density at radius 2 is 2.33 bits per heavy atom. The predicted octanol–water partition coefficient (Wildman–Crippen LogP) is 0.135. The Kier molecular flexibility index (Phi) is 4.54. The number of hydrogen-bond donors (Lipinski definition) is 1. The highest BCUT2D eigenvalue weighted by molar-refractivity contribution is 4.91. The van der Waals surface area contributed by atoms with Crippen LogP contribution in [0.2, 0.25) is 0 Å². The molecule has 1 aromatic heterocycles. The molecular weight excluding hydrogens is 232 g/mol. The normalized spacial score (nSPS) is 16.6. The fourth-order valence-corrected chi connectivity index (χ4v) is 2.37. The molecule has 0 aromatic carbocycles. The Hall–Kier alpha value is -1.14. The fraction of sp³-hybridized carbons (Fsp3) is 0.833. The minimum absolute atomic E-state index is 0.0111. The summed E-state index contributed by atoms with van der Waals surface area (Å²) < 4.78 is 8.83. The maximum Gasteiger partial charge on any atom is 0.345 e. The molecule has 1 aromatic rings. The zero-order valence-electron chi connectivity index (χ0n) is 11.0. The lowest BCUT2D eigenvalue weighted by molar-refractivity contribution is 0.0589. The van der Waals surface area contributed by atoms with E-state index in [0.717, 1.165) is 38.1 Å². The first-order valence-electron chi connectivity index (χ1n) is 6.74. The van der Waals surface area contributed by atoms with Crippen molar-refractivity contribution in [1.82, 2.24) is 14.3 Å². The van der Waals surface area contributed by atoms with E-state index in [1.165, 1.54) is 0 Å². The third-order valence-electron chi connectivity index (χ3n) is 3.36. The van der Waals surface area contributed by atoms with Crippen LogP contribution in [0.15, 0.2) is 4.79 Å². The van der Waals surface area contributed by atoms with Gasteiger partial charge in [-0.1, -0.05) is 0 Å². The molecule has 18 heavy (non-hydrogen) atoms. The number of ether oxygens (including phenoxy) is 1. The predicted molar refractivity (Wildman–Crippen MR) is 68.5 cm³/mol. The van der Waals surface area contributed by atoms with Crippen molar-refractivity contribution in [1.29, 1.82) is 0 Å². The largest absolute Gasteiger partial charge is 0.377 e. The Balaban J connectivity index is 2.01. The molecule has 1 atom stereocenters. The van der Waals surface area contributed by atoms with Gasteiger partial charge in [-0.15, -0.1) is 0 Å². The van der Waals surface area contributed by atoms with Gasteiger partial charge in [-0.25, -0.2) is 9.48 Å². The summed E-state index contributed by atoms with van der Waals surface area (Å²) in [7, 11) is 0. The molecule has 0 radical (unpaired) electrons. The monoisotopic (exact) mass is 254 g/mol. The molecule has 6 nitrogen and oxygen atoms in total. The van der Waals surface area contributed by atoms with Crippen LogP contribution in [0.5, 0.6) is 0 Å². The zero-order chi connectivity index (χ0) is 13.0. The summed E-state index contributed by atoms with van der Waals surface area (Å²) in [6, 6.07) is 0. The van der Waals surface area contributed by atoms with Gasteiger partial charge in [-0.3, -0.25) is 4.57 Å². The van der Waals surface area contributed by atoms with Crippen LogP contribution in [0.4, 0.5) is 0 Å². The minimum atomic E-state index is 0.0111. The highest BCUT2D eigenvalue weighted by atomic mass is 16.5. The van der Waals surface area contributed by atoms with Crippen LogP contribution in [0.3, 0.4) is 0 Å². The molecule has 2 N–H and O–H groups in total. The van der Waals surface area contributed by atoms with Gasteiger partial charge >= 0.3 is 5.69 Å². The summed E-state index contributed by atoms with van der Waals surface area (Å²) in [6.07, 6.45) is 3.86. The second-order valence-corrected chi connectivity index (χ2v) is 4.63. The summed E-state index contributed by atoms with van der Waals surface area (Å²) in [6.45, 7) is 4.47. The summed E-state index contributed by atoms with van der Waals surface area (Å²) in [5, 5.41) is 4.39. The lowest BCUT2D eigenvalue weighted by Gasteiger charge is -2.13. The number of nitrogens with two attached hydrogens (primary N) is 1. The topological polar surface area (TPSA) is 75.1 Å². The second kappa shape index (κ2) is 6.15. The molecule has 0 spiro atoms. The second-order valence-electron chi connectivity index (χ2n) is 4.63. The minimum Gasteiger partial charge on any atom is -0.377 e. The molecule has 2 heterocycles. The Morgan fingerprint density at radius 3 is 3.00 bits per heavy atom. The molecule has 0 fully saturated rings. The molecular formula is C12H22N4O2. The molecule has 102 valence electrons. The summed E-state index contributed by atoms with van der Waals surface area (Å²) in [4.78, 5) is 12.1. The Labute approximate surface area is 107 Å². The van der Waals surface area contributed by atoms with Crippen LogP contribution in [0.1, 0.15) is 32.0 Å². The maximum atomic E-state index is 12.1. The van der Waals surface area contributed by atoms with Gasteiger partial charge in [0.1, 0.15) is 5.82 Å². The van der Waals surface area contributed by atoms with Crippen molar-refractivity contribution in [2.24, 2.45) is 5.73 Å². The average molecular weight is 254 g/mol. The van der Waals surface area contributed by atoms with Crippen LogP contribution in [0, 0.1) is 0 Å². The van der Waals surface area contributed by atoms with Crippen molar-refractivity contribution in [3.05, 3.63) is 16.3 Å². The molecule has 0 saturated heterocycles. The van der Waals surface area contributed by atoms with Gasteiger partial charge in [-0.2, -0.15) is 5.10 Å². The molecule has 1 aliphatic rings. The first-order chi connectivity index (χ1) is 8.76. The molecule has 0 saturated carbocycles. The molecule has 2 rings (SSSR count). The van der Waals surface area contributed by atoms with E-state index in [-0.39, 0.29) is 11.8 Å². The van der Waals surface area contributed by atoms with Crippen molar-refractivity contribution < 1.29 is 4.74 Å². The SMILES string of the molecule is CCOC(CN)CCn1nc2n(c1=O)CCCC2. The van der Waals surface area contributed by atoms with Crippen LogP contribution in [0.25, 0.3) is 0 Å². The first-order valence-corrected chi connectivity index (χ1v) is 6.74. The number of hydrogen-bond acceptors (Lipinski definition) is 4. The first kappa shape index (κ1) is 13.3. The lowest BCUT2D eigenvalue weighted by atomic mass is 10.2. The summed E-state index contributed by atoms with van der Waals surface area (Å²) >= 11 is 0. The summed E-state index contributed by atoms with van der Waals surface area (Å²) in [5.74, 6) is 0.923. The number of aromatic nitrogens is 3. The number of nitrogens with zero attached hydrogens (tertiary/aromatic N) is 3. The van der Waals surface area contributed by atoms with E-state index in [2.05, 4.69) is 5.10 Å². The van der Waals surface area contributed by atoms with Gasteiger partial charge in [-0.05, 0) is 26.2 Å². The van der Waals surface area contributed by atoms with Gasteiger partial charge in [0.25, 0.3) is 0 Å². The van der Waals surface area contributed by atoms with Crippen molar-refractivity contribution in [3.8, 4) is 0 Å². The van der Waals surface area contributed by atoms with E-state index in [9.17, 15) is 4.79 Å². The molecule has 0 bridgehead atoms. The van der Waals surface area contributed by atoms with Gasteiger partial charge < -0.3 is 10.5 Å². The average Bonchev–Trinajstić information content (AvgIpc) is 2.72. The molecule has 1 unspecified atom stereocenters. The number of fused-ring (bicyclic) bond motifs is 1. The molecule has 6 heteroatoms. The number of aryl methyl sites for hydroxylation is 2. The molecule has 0 amide bonds. The highest BCUT2D eigenvalue weighted by Crippen LogP contribution is 2.09. The zero-order valence-corrected chi connectivity index (χ0v) is 11.0. The molecule has 1 aliphatic heterocycles. The summed E-state index contributed by atoms with van der Waals surface area (Å²) in [5.41, 5.74) is 5.63. The van der Waals surface area contributed by atoms with Crippen LogP contribution in [-0.2, 0) is 24.2 Å². The molecule has 0 aliphatic carbocycles. The van der Waals surface area contributed by atoms with Crippen molar-refractivity contribution in [2.45, 2.75) is 51.8 Å². The van der Waals surface area contributed by atoms with E-state index in [1.807, 2.05) is 6.92 Å². The van der Waals surface area contributed by atoms with Gasteiger partial charge in [0.15, 0.2) is 0 Å². The van der Waals surface area contributed by atoms with E-state index in [4.69, 9.17) is 10.5 Å². The van der Waals surface area contributed by atoms with E-state index < -0.39 is 0 Å². The van der Waals surface area contributed by atoms with Gasteiger partial charge in [0.05, 0.1) is 6.10 Å². The van der Waals surface area contributed by atoms with Crippen molar-refractivity contribution in [3.63, 3.8) is 0 Å². The Bertz CT molecular complexity index is 438. The smallest absolute Gasteiger partial charge is 0.345 e. The maximum absolute atomic E-state index is 12.1. The third-order valence-corrected chi connectivity index (χ3v) is 3.36. The van der Waals surface area contributed by atoms with Crippen molar-refractivity contribution in [2.75, 3.05) is 13.2 Å². The van der Waals surface area contributed by atoms with Crippen LogP contribution >= 0.6 is 0 Å². The van der Waals surface area contributed by atoms with Gasteiger partial charge in [0, 0.05) is 32.7 Å². The van der Waals surface area contributed by atoms with Gasteiger partial charge in [0.2, 0.25) is 0 Å². The Morgan fingerprint density at radius 1 is 1.50 bits per heavy atom. The quantitative estimate of drug-likeness (QED) is 0.783. The number of rotatable bonds is 6. The van der Waals surface area contributed by atoms with Crippen LogP contribution in [-0.4, -0.2) is 33.6 Å². The van der Waals surface area contributed by atoms with Crippen LogP contribution < -0.4 is 11.4 Å². The highest BCUT2D eigenvalue weighted by Gasteiger charge is 2.17. The third kappa shape index (κ3) is 2.81. The van der Waals surface area contributed by atoms with E-state index in [1.54, 1.807) is 9.25 Å². The standard InChI is InChI=1S/C12H22N4O2/c1-2-18-10(9-13)6-8-16-12(17)15-7-4-3-5-11(15)14-16/h10H,2-9,13H2,1H3. The lowest BCUT2D eigenvalue weighted by Crippen LogP contribution is -2.30. The fourth-order valence-electron chi connectivity index (χ4n) is 2.37. The van der Waals surface area contributed by atoms with E-state index >= 15 is 0 Å². The van der Waals surface area contributed by atoms with Crippen molar-refractivity contribution >= 4 is 0 Å².